The van der Waals surface area contributed by atoms with Crippen LogP contribution in [-0.2, 0) is 0 Å². The van der Waals surface area contributed by atoms with Gasteiger partial charge in [0, 0.05) is 19.6 Å². The number of guanidine groups is 1. The van der Waals surface area contributed by atoms with Gasteiger partial charge in [0.1, 0.15) is 0 Å². The number of benzene rings is 1. The molecule has 0 saturated carbocycles. The van der Waals surface area contributed by atoms with Crippen LogP contribution < -0.4 is 20.1 Å². The Kier molecular flexibility index (Phi) is 11.6. The van der Waals surface area contributed by atoms with Crippen molar-refractivity contribution in [2.75, 3.05) is 41.9 Å². The minimum Gasteiger partial charge on any atom is -0.493 e. The molecule has 1 aromatic carbocycles. The van der Waals surface area contributed by atoms with Crippen LogP contribution in [0, 0.1) is 5.92 Å². The van der Waals surface area contributed by atoms with Crippen molar-refractivity contribution in [3.05, 3.63) is 23.8 Å². The smallest absolute Gasteiger partial charge is 0.191 e. The molecule has 150 valence electrons. The Morgan fingerprint density at radius 3 is 2.19 bits per heavy atom. The SMILES string of the molecule is CN=C(NCC(c1ccc(OC)c(OC)c1)N(C)C)NC(C)C(C)C.I. The van der Waals surface area contributed by atoms with Gasteiger partial charge in [-0.05, 0) is 44.6 Å². The van der Waals surface area contributed by atoms with Crippen molar-refractivity contribution >= 4 is 29.9 Å². The first-order valence-corrected chi connectivity index (χ1v) is 8.69. The van der Waals surface area contributed by atoms with E-state index in [0.29, 0.717) is 12.0 Å². The van der Waals surface area contributed by atoms with Gasteiger partial charge in [-0.3, -0.25) is 4.99 Å². The highest BCUT2D eigenvalue weighted by Crippen LogP contribution is 2.31. The molecule has 26 heavy (non-hydrogen) atoms. The van der Waals surface area contributed by atoms with E-state index in [0.717, 1.165) is 29.6 Å². The van der Waals surface area contributed by atoms with E-state index in [-0.39, 0.29) is 30.0 Å². The summed E-state index contributed by atoms with van der Waals surface area (Å²) in [5.74, 6) is 2.82. The molecule has 7 heteroatoms. The van der Waals surface area contributed by atoms with Crippen LogP contribution in [0.25, 0.3) is 0 Å². The van der Waals surface area contributed by atoms with Gasteiger partial charge in [0.15, 0.2) is 17.5 Å². The third-order valence-electron chi connectivity index (χ3n) is 4.47. The van der Waals surface area contributed by atoms with E-state index in [1.54, 1.807) is 21.3 Å². The third-order valence-corrected chi connectivity index (χ3v) is 4.47. The zero-order valence-corrected chi connectivity index (χ0v) is 19.6. The molecule has 2 unspecified atom stereocenters. The fraction of sp³-hybridized carbons (Fsp3) is 0.632. The van der Waals surface area contributed by atoms with Crippen LogP contribution in [0.2, 0.25) is 0 Å². The van der Waals surface area contributed by atoms with Crippen LogP contribution >= 0.6 is 24.0 Å². The Hall–Kier alpha value is -1.22. The van der Waals surface area contributed by atoms with Gasteiger partial charge in [0.05, 0.1) is 20.3 Å². The van der Waals surface area contributed by atoms with E-state index in [1.807, 2.05) is 12.1 Å². The first-order chi connectivity index (χ1) is 11.8. The van der Waals surface area contributed by atoms with Crippen LogP contribution in [-0.4, -0.2) is 58.8 Å². The molecule has 0 bridgehead atoms. The zero-order valence-electron chi connectivity index (χ0n) is 17.3. The molecule has 0 saturated heterocycles. The minimum atomic E-state index is 0. The summed E-state index contributed by atoms with van der Waals surface area (Å²) in [7, 11) is 9.23. The lowest BCUT2D eigenvalue weighted by atomic mass is 10.0. The van der Waals surface area contributed by atoms with Gasteiger partial charge >= 0.3 is 0 Å². The molecule has 0 aliphatic heterocycles. The zero-order chi connectivity index (χ0) is 19.0. The van der Waals surface area contributed by atoms with Gasteiger partial charge in [0.25, 0.3) is 0 Å². The maximum atomic E-state index is 5.43. The standard InChI is InChI=1S/C19H34N4O2.HI/c1-13(2)14(3)22-19(20-4)21-12-16(23(5)6)15-9-10-17(24-7)18(11-15)25-8;/h9-11,13-14,16H,12H2,1-8H3,(H2,20,21,22);1H. The Labute approximate surface area is 175 Å². The predicted molar refractivity (Wildman–Crippen MR) is 120 cm³/mol. The fourth-order valence-corrected chi connectivity index (χ4v) is 2.43. The average Bonchev–Trinajstić information content (AvgIpc) is 2.59. The average molecular weight is 478 g/mol. The largest absolute Gasteiger partial charge is 0.493 e. The summed E-state index contributed by atoms with van der Waals surface area (Å²) in [6.45, 7) is 7.27. The molecule has 0 heterocycles. The summed E-state index contributed by atoms with van der Waals surface area (Å²) in [5, 5.41) is 6.85. The summed E-state index contributed by atoms with van der Waals surface area (Å²) in [4.78, 5) is 6.50. The van der Waals surface area contributed by atoms with E-state index < -0.39 is 0 Å². The van der Waals surface area contributed by atoms with E-state index >= 15 is 0 Å². The summed E-state index contributed by atoms with van der Waals surface area (Å²) in [6.07, 6.45) is 0. The molecule has 1 rings (SSSR count). The Morgan fingerprint density at radius 2 is 1.73 bits per heavy atom. The quantitative estimate of drug-likeness (QED) is 0.342. The molecule has 2 N–H and O–H groups in total. The highest BCUT2D eigenvalue weighted by Gasteiger charge is 2.18. The summed E-state index contributed by atoms with van der Waals surface area (Å²) >= 11 is 0. The number of nitrogens with zero attached hydrogens (tertiary/aromatic N) is 2. The van der Waals surface area contributed by atoms with Crippen LogP contribution in [0.4, 0.5) is 0 Å². The lowest BCUT2D eigenvalue weighted by Gasteiger charge is -2.28. The van der Waals surface area contributed by atoms with Crippen molar-refractivity contribution < 1.29 is 9.47 Å². The van der Waals surface area contributed by atoms with E-state index in [9.17, 15) is 0 Å². The van der Waals surface area contributed by atoms with Gasteiger partial charge in [-0.15, -0.1) is 24.0 Å². The summed E-state index contributed by atoms with van der Waals surface area (Å²) in [6, 6.07) is 6.56. The summed E-state index contributed by atoms with van der Waals surface area (Å²) < 4.78 is 10.8. The second kappa shape index (κ2) is 12.2. The highest BCUT2D eigenvalue weighted by atomic mass is 127. The lowest BCUT2D eigenvalue weighted by Crippen LogP contribution is -2.46. The number of hydrogen-bond donors (Lipinski definition) is 2. The van der Waals surface area contributed by atoms with Gasteiger partial charge < -0.3 is 25.0 Å². The maximum Gasteiger partial charge on any atom is 0.191 e. The van der Waals surface area contributed by atoms with Crippen molar-refractivity contribution in [1.82, 2.24) is 15.5 Å². The Bertz CT molecular complexity index is 564. The summed E-state index contributed by atoms with van der Waals surface area (Å²) in [5.41, 5.74) is 1.16. The highest BCUT2D eigenvalue weighted by molar-refractivity contribution is 14.0. The molecular formula is C19H35IN4O2. The molecule has 0 aliphatic carbocycles. The number of methoxy groups -OCH3 is 2. The van der Waals surface area contributed by atoms with Gasteiger partial charge in [0.2, 0.25) is 0 Å². The number of hydrogen-bond acceptors (Lipinski definition) is 4. The molecule has 0 radical (unpaired) electrons. The molecule has 0 aliphatic rings. The van der Waals surface area contributed by atoms with Crippen molar-refractivity contribution in [1.29, 1.82) is 0 Å². The predicted octanol–water partition coefficient (Wildman–Crippen LogP) is 3.13. The van der Waals surface area contributed by atoms with Crippen molar-refractivity contribution in [3.8, 4) is 11.5 Å². The molecule has 2 atom stereocenters. The van der Waals surface area contributed by atoms with Crippen LogP contribution in [0.1, 0.15) is 32.4 Å². The topological polar surface area (TPSA) is 58.1 Å². The molecule has 0 amide bonds. The number of aliphatic imine (C=N–C) groups is 1. The molecule has 0 fully saturated rings. The first kappa shape index (κ1) is 24.8. The second-order valence-corrected chi connectivity index (χ2v) is 6.72. The van der Waals surface area contributed by atoms with Gasteiger partial charge in [-0.1, -0.05) is 19.9 Å². The van der Waals surface area contributed by atoms with E-state index in [2.05, 4.69) is 61.5 Å². The van der Waals surface area contributed by atoms with Crippen LogP contribution in [0.5, 0.6) is 11.5 Å². The number of ether oxygens (including phenoxy) is 2. The first-order valence-electron chi connectivity index (χ1n) is 8.69. The number of halogens is 1. The molecule has 1 aromatic rings. The number of likely N-dealkylation sites (N-methyl/N-ethyl adjacent to an activating group) is 1. The second-order valence-electron chi connectivity index (χ2n) is 6.72. The molecular weight excluding hydrogens is 443 g/mol. The van der Waals surface area contributed by atoms with E-state index in [1.165, 1.54) is 0 Å². The van der Waals surface area contributed by atoms with Crippen LogP contribution in [0.15, 0.2) is 23.2 Å². The lowest BCUT2D eigenvalue weighted by molar-refractivity contribution is 0.295. The van der Waals surface area contributed by atoms with Crippen molar-refractivity contribution in [2.24, 2.45) is 10.9 Å². The van der Waals surface area contributed by atoms with Gasteiger partial charge in [-0.25, -0.2) is 0 Å². The molecule has 0 aromatic heterocycles. The molecule has 0 spiro atoms. The number of nitrogens with one attached hydrogen (secondary N) is 2. The monoisotopic (exact) mass is 478 g/mol. The fourth-order valence-electron chi connectivity index (χ4n) is 2.43. The van der Waals surface area contributed by atoms with E-state index in [4.69, 9.17) is 9.47 Å². The Balaban J connectivity index is 0.00000625. The minimum absolute atomic E-state index is 0. The maximum absolute atomic E-state index is 5.43. The third kappa shape index (κ3) is 7.19. The van der Waals surface area contributed by atoms with Crippen LogP contribution in [0.3, 0.4) is 0 Å². The molecule has 6 nitrogen and oxygen atoms in total. The Morgan fingerprint density at radius 1 is 1.12 bits per heavy atom. The van der Waals surface area contributed by atoms with Gasteiger partial charge in [-0.2, -0.15) is 0 Å². The van der Waals surface area contributed by atoms with Crippen molar-refractivity contribution in [2.45, 2.75) is 32.9 Å². The normalized spacial score (nSPS) is 13.8. The number of rotatable bonds is 8. The van der Waals surface area contributed by atoms with Crippen molar-refractivity contribution in [3.63, 3.8) is 0 Å².